The van der Waals surface area contributed by atoms with Gasteiger partial charge in [0.1, 0.15) is 5.15 Å². The van der Waals surface area contributed by atoms with Crippen molar-refractivity contribution in [3.8, 4) is 0 Å². The predicted molar refractivity (Wildman–Crippen MR) is 56.3 cm³/mol. The summed E-state index contributed by atoms with van der Waals surface area (Å²) in [5.41, 5.74) is 0.730. The number of halogens is 4. The fourth-order valence-corrected chi connectivity index (χ4v) is 1.40. The Morgan fingerprint density at radius 2 is 2.12 bits per heavy atom. The summed E-state index contributed by atoms with van der Waals surface area (Å²) in [5.74, 6) is 0. The Hall–Kier alpha value is -0.810. The highest BCUT2D eigenvalue weighted by molar-refractivity contribution is 6.30. The second-order valence-corrected chi connectivity index (χ2v) is 3.91. The van der Waals surface area contributed by atoms with Gasteiger partial charge in [0.05, 0.1) is 6.42 Å². The van der Waals surface area contributed by atoms with Crippen molar-refractivity contribution in [3.63, 3.8) is 0 Å². The molecule has 0 spiro atoms. The van der Waals surface area contributed by atoms with Gasteiger partial charge in [0.15, 0.2) is 0 Å². The monoisotopic (exact) mass is 252 g/mol. The molecule has 0 aliphatic carbocycles. The number of nitrogens with zero attached hydrogens (tertiary/aromatic N) is 2. The summed E-state index contributed by atoms with van der Waals surface area (Å²) in [7, 11) is 1.62. The van der Waals surface area contributed by atoms with Gasteiger partial charge >= 0.3 is 6.18 Å². The van der Waals surface area contributed by atoms with Crippen LogP contribution in [0.5, 0.6) is 0 Å². The Bertz CT molecular complexity index is 341. The van der Waals surface area contributed by atoms with Gasteiger partial charge in [0, 0.05) is 24.8 Å². The third kappa shape index (κ3) is 4.81. The SMILES string of the molecule is CN(CCC(F)(F)F)Cc1cccnc1Cl. The average Bonchev–Trinajstić information content (AvgIpc) is 2.18. The molecule has 0 saturated heterocycles. The zero-order valence-corrected chi connectivity index (χ0v) is 9.52. The van der Waals surface area contributed by atoms with Crippen molar-refractivity contribution in [2.45, 2.75) is 19.1 Å². The van der Waals surface area contributed by atoms with E-state index in [1.165, 1.54) is 0 Å². The highest BCUT2D eigenvalue weighted by Crippen LogP contribution is 2.20. The molecule has 0 aliphatic rings. The van der Waals surface area contributed by atoms with Crippen molar-refractivity contribution in [1.82, 2.24) is 9.88 Å². The minimum atomic E-state index is -4.12. The van der Waals surface area contributed by atoms with Crippen LogP contribution in [0.15, 0.2) is 18.3 Å². The van der Waals surface area contributed by atoms with Crippen LogP contribution in [0.4, 0.5) is 13.2 Å². The van der Waals surface area contributed by atoms with Crippen LogP contribution >= 0.6 is 11.6 Å². The summed E-state index contributed by atoms with van der Waals surface area (Å²) in [6.45, 7) is 0.317. The van der Waals surface area contributed by atoms with Gasteiger partial charge in [0.2, 0.25) is 0 Å². The summed E-state index contributed by atoms with van der Waals surface area (Å²) in [4.78, 5) is 5.42. The molecule has 0 saturated carbocycles. The quantitative estimate of drug-likeness (QED) is 0.766. The molecule has 0 fully saturated rings. The number of aromatic nitrogens is 1. The van der Waals surface area contributed by atoms with Crippen molar-refractivity contribution in [3.05, 3.63) is 29.0 Å². The van der Waals surface area contributed by atoms with E-state index >= 15 is 0 Å². The first-order valence-corrected chi connectivity index (χ1v) is 5.11. The van der Waals surface area contributed by atoms with Gasteiger partial charge in [-0.25, -0.2) is 4.98 Å². The van der Waals surface area contributed by atoms with E-state index in [0.29, 0.717) is 11.7 Å². The first kappa shape index (κ1) is 13.3. The maximum Gasteiger partial charge on any atom is 0.390 e. The van der Waals surface area contributed by atoms with Crippen LogP contribution in [0.1, 0.15) is 12.0 Å². The molecule has 16 heavy (non-hydrogen) atoms. The third-order valence-corrected chi connectivity index (χ3v) is 2.39. The maximum absolute atomic E-state index is 12.0. The van der Waals surface area contributed by atoms with Crippen LogP contribution in [0.25, 0.3) is 0 Å². The average molecular weight is 253 g/mol. The van der Waals surface area contributed by atoms with Gasteiger partial charge in [-0.15, -0.1) is 0 Å². The Balaban J connectivity index is 2.46. The number of hydrogen-bond acceptors (Lipinski definition) is 2. The molecule has 1 aromatic heterocycles. The molecule has 0 unspecified atom stereocenters. The lowest BCUT2D eigenvalue weighted by Crippen LogP contribution is -2.24. The van der Waals surface area contributed by atoms with E-state index in [4.69, 9.17) is 11.6 Å². The first-order valence-electron chi connectivity index (χ1n) is 4.73. The molecule has 0 aromatic carbocycles. The van der Waals surface area contributed by atoms with Crippen LogP contribution in [0, 0.1) is 0 Å². The molecular weight excluding hydrogens is 241 g/mol. The second-order valence-electron chi connectivity index (χ2n) is 3.56. The third-order valence-electron chi connectivity index (χ3n) is 2.05. The van der Waals surface area contributed by atoms with Crippen LogP contribution in [0.2, 0.25) is 5.15 Å². The Labute approximate surface area is 97.0 Å². The summed E-state index contributed by atoms with van der Waals surface area (Å²) in [5, 5.41) is 0.335. The van der Waals surface area contributed by atoms with Gasteiger partial charge in [-0.05, 0) is 13.1 Å². The molecule has 0 N–H and O–H groups in total. The second kappa shape index (κ2) is 5.50. The van der Waals surface area contributed by atoms with E-state index < -0.39 is 12.6 Å². The normalized spacial score (nSPS) is 12.1. The molecular formula is C10H12ClF3N2. The Morgan fingerprint density at radius 3 is 2.69 bits per heavy atom. The highest BCUT2D eigenvalue weighted by Gasteiger charge is 2.27. The summed E-state index contributed by atoms with van der Waals surface area (Å²) in [6.07, 6.45) is -3.39. The van der Waals surface area contributed by atoms with Crippen molar-refractivity contribution in [1.29, 1.82) is 0 Å². The fraction of sp³-hybridized carbons (Fsp3) is 0.500. The van der Waals surface area contributed by atoms with Gasteiger partial charge < -0.3 is 4.90 Å². The van der Waals surface area contributed by atoms with E-state index in [-0.39, 0.29) is 6.54 Å². The van der Waals surface area contributed by atoms with E-state index in [0.717, 1.165) is 5.56 Å². The molecule has 0 bridgehead atoms. The first-order chi connectivity index (χ1) is 7.38. The molecule has 90 valence electrons. The molecule has 0 aliphatic heterocycles. The predicted octanol–water partition coefficient (Wildman–Crippen LogP) is 3.12. The van der Waals surface area contributed by atoms with Crippen molar-refractivity contribution in [2.75, 3.05) is 13.6 Å². The lowest BCUT2D eigenvalue weighted by molar-refractivity contribution is -0.137. The van der Waals surface area contributed by atoms with Gasteiger partial charge in [-0.2, -0.15) is 13.2 Å². The summed E-state index contributed by atoms with van der Waals surface area (Å²) in [6, 6.07) is 3.46. The Kier molecular flexibility index (Phi) is 4.56. The summed E-state index contributed by atoms with van der Waals surface area (Å²) < 4.78 is 35.9. The zero-order valence-electron chi connectivity index (χ0n) is 8.76. The van der Waals surface area contributed by atoms with Crippen molar-refractivity contribution in [2.24, 2.45) is 0 Å². The molecule has 1 rings (SSSR count). The number of alkyl halides is 3. The fourth-order valence-electron chi connectivity index (χ4n) is 1.22. The van der Waals surface area contributed by atoms with Gasteiger partial charge in [0.25, 0.3) is 0 Å². The lowest BCUT2D eigenvalue weighted by Gasteiger charge is -2.17. The molecule has 6 heteroatoms. The highest BCUT2D eigenvalue weighted by atomic mass is 35.5. The van der Waals surface area contributed by atoms with E-state index in [9.17, 15) is 13.2 Å². The number of rotatable bonds is 4. The molecule has 0 amide bonds. The van der Waals surface area contributed by atoms with Gasteiger partial charge in [-0.1, -0.05) is 17.7 Å². The van der Waals surface area contributed by atoms with Crippen molar-refractivity contribution >= 4 is 11.6 Å². The standard InChI is InChI=1S/C10H12ClF3N2/c1-16(6-4-10(12,13)14)7-8-3-2-5-15-9(8)11/h2-3,5H,4,6-7H2,1H3. The van der Waals surface area contributed by atoms with Crippen LogP contribution in [0.3, 0.4) is 0 Å². The van der Waals surface area contributed by atoms with Crippen LogP contribution < -0.4 is 0 Å². The number of pyridine rings is 1. The lowest BCUT2D eigenvalue weighted by atomic mass is 10.2. The molecule has 0 atom stereocenters. The zero-order chi connectivity index (χ0) is 12.2. The minimum absolute atomic E-state index is 0.0469. The van der Waals surface area contributed by atoms with Crippen LogP contribution in [-0.4, -0.2) is 29.7 Å². The van der Waals surface area contributed by atoms with E-state index in [1.54, 1.807) is 30.3 Å². The molecule has 1 heterocycles. The van der Waals surface area contributed by atoms with E-state index in [2.05, 4.69) is 4.98 Å². The van der Waals surface area contributed by atoms with E-state index in [1.807, 2.05) is 0 Å². The molecule has 0 radical (unpaired) electrons. The topological polar surface area (TPSA) is 16.1 Å². The maximum atomic E-state index is 12.0. The van der Waals surface area contributed by atoms with Crippen LogP contribution in [-0.2, 0) is 6.54 Å². The smallest absolute Gasteiger partial charge is 0.302 e. The molecule has 2 nitrogen and oxygen atoms in total. The summed E-state index contributed by atoms with van der Waals surface area (Å²) >= 11 is 5.80. The molecule has 1 aromatic rings. The van der Waals surface area contributed by atoms with Gasteiger partial charge in [-0.3, -0.25) is 0 Å². The minimum Gasteiger partial charge on any atom is -0.302 e. The largest absolute Gasteiger partial charge is 0.390 e. The van der Waals surface area contributed by atoms with Crippen molar-refractivity contribution < 1.29 is 13.2 Å². The Morgan fingerprint density at radius 1 is 1.44 bits per heavy atom. The number of hydrogen-bond donors (Lipinski definition) is 0.